The number of nitrogens with one attached hydrogen (secondary N) is 1. The van der Waals surface area contributed by atoms with E-state index in [1.54, 1.807) is 0 Å². The van der Waals surface area contributed by atoms with Gasteiger partial charge in [-0.15, -0.1) is 0 Å². The van der Waals surface area contributed by atoms with Crippen molar-refractivity contribution in [2.75, 3.05) is 26.4 Å². The maximum absolute atomic E-state index is 13.4. The Bertz CT molecular complexity index is 989. The number of hydrogen-bond donors (Lipinski definition) is 1. The van der Waals surface area contributed by atoms with Crippen molar-refractivity contribution in [3.63, 3.8) is 0 Å². The van der Waals surface area contributed by atoms with Crippen LogP contribution in [0.25, 0.3) is 0 Å². The maximum Gasteiger partial charge on any atom is 0.231 e. The average Bonchev–Trinajstić information content (AvgIpc) is 2.95. The Hall–Kier alpha value is -2.27. The minimum atomic E-state index is -2.69. The molecule has 24 heavy (non-hydrogen) atoms. The van der Waals surface area contributed by atoms with Gasteiger partial charge in [-0.25, -0.2) is 4.39 Å². The molecule has 2 aromatic rings. The number of ether oxygens (including phenoxy) is 3. The molecule has 0 bridgehead atoms. The van der Waals surface area contributed by atoms with Crippen molar-refractivity contribution in [3.8, 4) is 17.2 Å². The number of hydrogen-bond acceptors (Lipinski definition) is 4. The fourth-order valence-electron chi connectivity index (χ4n) is 2.62. The van der Waals surface area contributed by atoms with Crippen LogP contribution < -0.4 is 19.5 Å². The molecule has 5 heteroatoms. The molecule has 2 aliphatic heterocycles. The van der Waals surface area contributed by atoms with Gasteiger partial charge in [0.05, 0.1) is 9.30 Å². The first kappa shape index (κ1) is 9.28. The molecule has 1 unspecified atom stereocenters. The fourth-order valence-corrected chi connectivity index (χ4v) is 2.62. The van der Waals surface area contributed by atoms with Crippen molar-refractivity contribution in [3.05, 3.63) is 53.8 Å². The summed E-state index contributed by atoms with van der Waals surface area (Å²) >= 11 is 0. The van der Waals surface area contributed by atoms with E-state index in [0.717, 1.165) is 12.1 Å². The van der Waals surface area contributed by atoms with E-state index in [1.807, 2.05) is 0 Å². The molecule has 0 aliphatic carbocycles. The smallest absolute Gasteiger partial charge is 0.231 e. The van der Waals surface area contributed by atoms with Gasteiger partial charge in [-0.3, -0.25) is 0 Å². The van der Waals surface area contributed by atoms with Gasteiger partial charge in [0.25, 0.3) is 0 Å². The number of halogens is 1. The molecular weight excluding hydrogens is 309 g/mol. The van der Waals surface area contributed by atoms with E-state index in [-0.39, 0.29) is 35.9 Å². The summed E-state index contributed by atoms with van der Waals surface area (Å²) in [7, 11) is 0. The summed E-state index contributed by atoms with van der Waals surface area (Å²) in [6.45, 7) is -5.37. The van der Waals surface area contributed by atoms with Crippen LogP contribution in [0, 0.1) is 11.7 Å². The van der Waals surface area contributed by atoms with Gasteiger partial charge < -0.3 is 19.5 Å². The Kier molecular flexibility index (Phi) is 2.59. The van der Waals surface area contributed by atoms with Crippen LogP contribution in [-0.4, -0.2) is 26.4 Å². The van der Waals surface area contributed by atoms with E-state index in [4.69, 9.17) is 23.8 Å². The molecule has 0 spiro atoms. The van der Waals surface area contributed by atoms with Crippen molar-refractivity contribution in [1.82, 2.24) is 5.32 Å². The predicted octanol–water partition coefficient (Wildman–Crippen LogP) is 3.33. The maximum atomic E-state index is 13.4. The zero-order chi connectivity index (χ0) is 22.7. The van der Waals surface area contributed by atoms with E-state index in [2.05, 4.69) is 5.32 Å². The van der Waals surface area contributed by atoms with Crippen LogP contribution in [0.15, 0.2) is 42.5 Å². The van der Waals surface area contributed by atoms with Crippen LogP contribution in [0.4, 0.5) is 4.39 Å². The standard InChI is InChI=1S/C19H20FNO3/c20-15-3-1-13(2-4-15)17-7-8-21-10-14(17)11-22-16-5-6-18-19(9-16)24-12-23-18/h1-6,9,14,17,21H,7-8,10-12H2/t14-,17?/m1/s1/i7D2,11D2,12D2,14D. The molecule has 0 radical (unpaired) electrons. The van der Waals surface area contributed by atoms with Crippen LogP contribution in [0.3, 0.4) is 0 Å². The van der Waals surface area contributed by atoms with Crippen LogP contribution in [-0.2, 0) is 0 Å². The number of rotatable bonds is 4. The zero-order valence-electron chi connectivity index (χ0n) is 19.6. The van der Waals surface area contributed by atoms with Gasteiger partial charge in [-0.2, -0.15) is 0 Å². The van der Waals surface area contributed by atoms with Gasteiger partial charge in [0.1, 0.15) is 14.3 Å². The fraction of sp³-hybridized carbons (Fsp3) is 0.368. The Morgan fingerprint density at radius 3 is 2.96 bits per heavy atom. The van der Waals surface area contributed by atoms with Crippen LogP contribution >= 0.6 is 0 Å². The molecule has 0 aromatic heterocycles. The number of fused-ring (bicyclic) bond motifs is 1. The normalized spacial score (nSPS) is 34.5. The minimum absolute atomic E-state index is 0.0181. The lowest BCUT2D eigenvalue weighted by atomic mass is 9.81. The Morgan fingerprint density at radius 1 is 1.25 bits per heavy atom. The van der Waals surface area contributed by atoms with E-state index >= 15 is 0 Å². The summed E-state index contributed by atoms with van der Waals surface area (Å²) in [6.07, 6.45) is -2.01. The Morgan fingerprint density at radius 2 is 2.08 bits per heavy atom. The molecule has 1 N–H and O–H groups in total. The highest BCUT2D eigenvalue weighted by Gasteiger charge is 2.27. The lowest BCUT2D eigenvalue weighted by Crippen LogP contribution is -2.38. The molecular formula is C19H20FNO3. The second kappa shape index (κ2) is 6.69. The highest BCUT2D eigenvalue weighted by Crippen LogP contribution is 2.36. The van der Waals surface area contributed by atoms with E-state index in [0.29, 0.717) is 0 Å². The summed E-state index contributed by atoms with van der Waals surface area (Å²) in [5, 5.41) is 2.77. The van der Waals surface area contributed by atoms with E-state index < -0.39 is 37.3 Å². The van der Waals surface area contributed by atoms with E-state index in [9.17, 15) is 4.39 Å². The molecule has 126 valence electrons. The second-order valence-corrected chi connectivity index (χ2v) is 5.42. The average molecular weight is 336 g/mol. The second-order valence-electron chi connectivity index (χ2n) is 5.42. The third-order valence-electron chi connectivity index (χ3n) is 3.82. The molecule has 2 heterocycles. The summed E-state index contributed by atoms with van der Waals surface area (Å²) < 4.78 is 86.8. The van der Waals surface area contributed by atoms with Crippen LogP contribution in [0.1, 0.15) is 27.4 Å². The van der Waals surface area contributed by atoms with Gasteiger partial charge in [0, 0.05) is 22.6 Å². The highest BCUT2D eigenvalue weighted by atomic mass is 19.1. The molecule has 1 saturated heterocycles. The minimum Gasteiger partial charge on any atom is -0.493 e. The van der Waals surface area contributed by atoms with Gasteiger partial charge in [-0.1, -0.05) is 12.1 Å². The zero-order valence-corrected chi connectivity index (χ0v) is 12.6. The van der Waals surface area contributed by atoms with Gasteiger partial charge in [0.15, 0.2) is 11.5 Å². The molecule has 2 aliphatic rings. The lowest BCUT2D eigenvalue weighted by Gasteiger charge is -2.32. The van der Waals surface area contributed by atoms with Crippen molar-refractivity contribution in [2.45, 2.75) is 12.3 Å². The third-order valence-corrected chi connectivity index (χ3v) is 3.82. The number of benzene rings is 2. The largest absolute Gasteiger partial charge is 0.493 e. The number of piperidine rings is 1. The summed E-state index contributed by atoms with van der Waals surface area (Å²) in [5.41, 5.74) is 0.286. The van der Waals surface area contributed by atoms with Crippen LogP contribution in [0.2, 0.25) is 0 Å². The van der Waals surface area contributed by atoms with Crippen molar-refractivity contribution in [2.24, 2.45) is 5.89 Å². The molecule has 4 rings (SSSR count). The Labute approximate surface area is 150 Å². The van der Waals surface area contributed by atoms with Crippen molar-refractivity contribution >= 4 is 0 Å². The molecule has 2 atom stereocenters. The summed E-state index contributed by atoms with van der Waals surface area (Å²) in [4.78, 5) is 0. The SMILES string of the molecule is [2H]C1([2H])Oc2ccc(OC([2H])([2H])[C@@]3([2H])CNCC([2H])([2H])C3c3ccc(F)cc3)cc2O1. The first-order valence-corrected chi connectivity index (χ1v) is 7.50. The topological polar surface area (TPSA) is 39.7 Å². The summed E-state index contributed by atoms with van der Waals surface area (Å²) in [5.74, 6) is -3.81. The first-order chi connectivity index (χ1) is 14.3. The van der Waals surface area contributed by atoms with Gasteiger partial charge >= 0.3 is 0 Å². The molecule has 1 fully saturated rings. The quantitative estimate of drug-likeness (QED) is 0.930. The van der Waals surface area contributed by atoms with Crippen LogP contribution in [0.5, 0.6) is 17.2 Å². The van der Waals surface area contributed by atoms with Crippen molar-refractivity contribution < 1.29 is 28.2 Å². The monoisotopic (exact) mass is 336 g/mol. The van der Waals surface area contributed by atoms with Crippen molar-refractivity contribution in [1.29, 1.82) is 0 Å². The molecule has 4 nitrogen and oxygen atoms in total. The third kappa shape index (κ3) is 3.17. The summed E-state index contributed by atoms with van der Waals surface area (Å²) in [6, 6.07) is 8.96. The molecule has 2 aromatic carbocycles. The molecule has 0 amide bonds. The Balaban J connectivity index is 1.69. The molecule has 0 saturated carbocycles. The van der Waals surface area contributed by atoms with E-state index in [1.165, 1.54) is 30.3 Å². The lowest BCUT2D eigenvalue weighted by molar-refractivity contribution is 0.173. The highest BCUT2D eigenvalue weighted by molar-refractivity contribution is 5.46. The van der Waals surface area contributed by atoms with Gasteiger partial charge in [0.2, 0.25) is 6.75 Å². The van der Waals surface area contributed by atoms with Gasteiger partial charge in [-0.05, 0) is 48.7 Å². The predicted molar refractivity (Wildman–Crippen MR) is 88.2 cm³/mol. The first-order valence-electron chi connectivity index (χ1n) is 11.0.